The molecule has 0 aliphatic carbocycles. The Balaban J connectivity index is 1.98. The van der Waals surface area contributed by atoms with Gasteiger partial charge in [-0.3, -0.25) is 0 Å². The molecule has 124 valence electrons. The van der Waals surface area contributed by atoms with Crippen molar-refractivity contribution in [1.82, 2.24) is 15.5 Å². The average Bonchev–Trinajstić information content (AvgIpc) is 2.98. The minimum atomic E-state index is -2.90. The maximum Gasteiger partial charge on any atom is 0.319 e. The minimum Gasteiger partial charge on any atom is -0.494 e. The lowest BCUT2D eigenvalue weighted by molar-refractivity contribution is 0.136. The Labute approximate surface area is 126 Å². The van der Waals surface area contributed by atoms with E-state index in [0.29, 0.717) is 0 Å². The second-order valence-corrected chi connectivity index (χ2v) is 4.12. The summed E-state index contributed by atoms with van der Waals surface area (Å²) in [6.07, 6.45) is -2.90. The van der Waals surface area contributed by atoms with Crippen LogP contribution in [0.15, 0.2) is 16.7 Å². The van der Waals surface area contributed by atoms with Gasteiger partial charge in [-0.25, -0.2) is 22.4 Å². The number of rotatable bonds is 5. The highest BCUT2D eigenvalue weighted by molar-refractivity contribution is 5.90. The topological polar surface area (TPSA) is 89.3 Å². The van der Waals surface area contributed by atoms with Gasteiger partial charge in [0.1, 0.15) is 5.75 Å². The molecule has 0 aliphatic heterocycles. The molecule has 0 bridgehead atoms. The maximum atomic E-state index is 13.2. The third kappa shape index (κ3) is 4.08. The molecule has 0 fully saturated rings. The van der Waals surface area contributed by atoms with Crippen LogP contribution < -0.4 is 15.4 Å². The number of carbonyl (C=O) groups excluding carboxylic acids is 1. The molecule has 0 spiro atoms. The fourth-order valence-corrected chi connectivity index (χ4v) is 1.55. The number of carbonyl (C=O) groups is 1. The van der Waals surface area contributed by atoms with Gasteiger partial charge in [-0.1, -0.05) is 5.16 Å². The van der Waals surface area contributed by atoms with Crippen molar-refractivity contribution >= 4 is 11.7 Å². The average molecular weight is 334 g/mol. The molecule has 0 saturated heterocycles. The lowest BCUT2D eigenvalue weighted by Gasteiger charge is -2.11. The van der Waals surface area contributed by atoms with E-state index in [1.54, 1.807) is 0 Å². The Hall–Kier alpha value is -2.85. The summed E-state index contributed by atoms with van der Waals surface area (Å²) >= 11 is 0. The Morgan fingerprint density at radius 3 is 2.65 bits per heavy atom. The van der Waals surface area contributed by atoms with Gasteiger partial charge in [-0.05, 0) is 0 Å². The summed E-state index contributed by atoms with van der Waals surface area (Å²) in [4.78, 5) is 15.0. The van der Waals surface area contributed by atoms with Crippen molar-refractivity contribution in [3.05, 3.63) is 35.5 Å². The van der Waals surface area contributed by atoms with Crippen molar-refractivity contribution in [3.8, 4) is 5.75 Å². The molecule has 0 unspecified atom stereocenters. The number of alkyl halides is 2. The van der Waals surface area contributed by atoms with Gasteiger partial charge in [-0.15, -0.1) is 0 Å². The number of aromatic nitrogens is 2. The van der Waals surface area contributed by atoms with Gasteiger partial charge in [0.2, 0.25) is 11.7 Å². The highest BCUT2D eigenvalue weighted by Crippen LogP contribution is 2.27. The van der Waals surface area contributed by atoms with Crippen LogP contribution in [0, 0.1) is 11.6 Å². The number of benzene rings is 1. The molecule has 23 heavy (non-hydrogen) atoms. The molecule has 2 amide bonds. The van der Waals surface area contributed by atoms with Crippen LogP contribution in [0.5, 0.6) is 5.75 Å². The molecular weight excluding hydrogens is 324 g/mol. The highest BCUT2D eigenvalue weighted by Gasteiger charge is 2.17. The molecule has 0 aliphatic rings. The quantitative estimate of drug-likeness (QED) is 0.821. The zero-order valence-electron chi connectivity index (χ0n) is 11.6. The van der Waals surface area contributed by atoms with E-state index in [2.05, 4.69) is 25.3 Å². The number of anilines is 1. The van der Waals surface area contributed by atoms with Gasteiger partial charge in [0, 0.05) is 12.1 Å². The predicted octanol–water partition coefficient (Wildman–Crippen LogP) is 2.62. The van der Waals surface area contributed by atoms with Gasteiger partial charge in [0.05, 0.1) is 19.3 Å². The summed E-state index contributed by atoms with van der Waals surface area (Å²) in [5.41, 5.74) is -0.123. The van der Waals surface area contributed by atoms with Crippen LogP contribution in [0.4, 0.5) is 28.0 Å². The zero-order valence-corrected chi connectivity index (χ0v) is 11.6. The van der Waals surface area contributed by atoms with E-state index in [9.17, 15) is 22.4 Å². The number of amides is 2. The van der Waals surface area contributed by atoms with Crippen molar-refractivity contribution in [1.29, 1.82) is 0 Å². The first-order valence-electron chi connectivity index (χ1n) is 6.09. The number of hydrogen-bond donors (Lipinski definition) is 2. The Bertz CT molecular complexity index is 708. The van der Waals surface area contributed by atoms with E-state index in [1.165, 1.54) is 7.11 Å². The van der Waals surface area contributed by atoms with E-state index in [4.69, 9.17) is 4.74 Å². The molecule has 0 atom stereocenters. The summed E-state index contributed by atoms with van der Waals surface area (Å²) in [5.74, 6) is -3.47. The second-order valence-electron chi connectivity index (χ2n) is 4.12. The highest BCUT2D eigenvalue weighted by atomic mass is 19.3. The van der Waals surface area contributed by atoms with Crippen molar-refractivity contribution in [2.75, 3.05) is 12.4 Å². The molecule has 1 heterocycles. The molecule has 2 N–H and O–H groups in total. The predicted molar refractivity (Wildman–Crippen MR) is 68.0 cm³/mol. The van der Waals surface area contributed by atoms with Gasteiger partial charge in [-0.2, -0.15) is 4.98 Å². The number of halogens is 4. The van der Waals surface area contributed by atoms with E-state index in [0.717, 1.165) is 12.1 Å². The van der Waals surface area contributed by atoms with Crippen LogP contribution >= 0.6 is 0 Å². The molecule has 1 aromatic carbocycles. The molecule has 0 radical (unpaired) electrons. The number of hydrogen-bond acceptors (Lipinski definition) is 5. The molecule has 1 aromatic heterocycles. The third-order valence-corrected chi connectivity index (χ3v) is 2.57. The lowest BCUT2D eigenvalue weighted by Crippen LogP contribution is -2.28. The summed E-state index contributed by atoms with van der Waals surface area (Å²) in [6, 6.07) is 0.652. The van der Waals surface area contributed by atoms with Gasteiger partial charge >= 0.3 is 12.5 Å². The van der Waals surface area contributed by atoms with Gasteiger partial charge in [0.25, 0.3) is 0 Å². The fourth-order valence-electron chi connectivity index (χ4n) is 1.55. The first kappa shape index (κ1) is 16.5. The number of ether oxygens (including phenoxy) is 1. The number of urea groups is 1. The first-order valence-corrected chi connectivity index (χ1v) is 6.09. The SMILES string of the molecule is COc1cc(F)c(F)cc1NC(=O)NCc1nc(C(F)F)no1. The van der Waals surface area contributed by atoms with E-state index >= 15 is 0 Å². The number of methoxy groups -OCH3 is 1. The molecule has 0 saturated carbocycles. The summed E-state index contributed by atoms with van der Waals surface area (Å²) in [7, 11) is 1.21. The van der Waals surface area contributed by atoms with Crippen LogP contribution in [0.3, 0.4) is 0 Å². The van der Waals surface area contributed by atoms with Crippen molar-refractivity contribution in [3.63, 3.8) is 0 Å². The first-order chi connectivity index (χ1) is 10.9. The van der Waals surface area contributed by atoms with E-state index in [-0.39, 0.29) is 23.9 Å². The normalized spacial score (nSPS) is 10.7. The maximum absolute atomic E-state index is 13.2. The van der Waals surface area contributed by atoms with Crippen molar-refractivity contribution in [2.45, 2.75) is 13.0 Å². The van der Waals surface area contributed by atoms with Crippen molar-refractivity contribution in [2.24, 2.45) is 0 Å². The summed E-state index contributed by atoms with van der Waals surface area (Å²) in [5, 5.41) is 7.44. The number of nitrogens with zero attached hydrogens (tertiary/aromatic N) is 2. The molecular formula is C12H10F4N4O3. The molecule has 11 heteroatoms. The Morgan fingerprint density at radius 1 is 1.35 bits per heavy atom. The second kappa shape index (κ2) is 6.94. The Morgan fingerprint density at radius 2 is 2.04 bits per heavy atom. The van der Waals surface area contributed by atoms with Crippen LogP contribution in [0.1, 0.15) is 18.1 Å². The number of nitrogens with one attached hydrogen (secondary N) is 2. The summed E-state index contributed by atoms with van der Waals surface area (Å²) in [6.45, 7) is -0.336. The molecule has 7 nitrogen and oxygen atoms in total. The van der Waals surface area contributed by atoms with E-state index < -0.39 is 29.9 Å². The van der Waals surface area contributed by atoms with Crippen LogP contribution in [-0.2, 0) is 6.54 Å². The largest absolute Gasteiger partial charge is 0.494 e. The third-order valence-electron chi connectivity index (χ3n) is 2.57. The fraction of sp³-hybridized carbons (Fsp3) is 0.250. The van der Waals surface area contributed by atoms with Crippen LogP contribution in [0.25, 0.3) is 0 Å². The molecule has 2 rings (SSSR count). The zero-order chi connectivity index (χ0) is 17.0. The standard InChI is InChI=1S/C12H10F4N4O3/c1-22-8-3-6(14)5(13)2-7(8)18-12(21)17-4-9-19-11(10(15)16)20-23-9/h2-3,10H,4H2,1H3,(H2,17,18,21). The smallest absolute Gasteiger partial charge is 0.319 e. The molecule has 2 aromatic rings. The lowest BCUT2D eigenvalue weighted by atomic mass is 10.2. The summed E-state index contributed by atoms with van der Waals surface area (Å²) < 4.78 is 60.0. The Kier molecular flexibility index (Phi) is 4.98. The van der Waals surface area contributed by atoms with Crippen molar-refractivity contribution < 1.29 is 31.6 Å². The van der Waals surface area contributed by atoms with Crippen LogP contribution in [0.2, 0.25) is 0 Å². The van der Waals surface area contributed by atoms with Gasteiger partial charge in [0.15, 0.2) is 11.6 Å². The van der Waals surface area contributed by atoms with E-state index in [1.807, 2.05) is 0 Å². The van der Waals surface area contributed by atoms with Crippen LogP contribution in [-0.4, -0.2) is 23.3 Å². The monoisotopic (exact) mass is 334 g/mol. The van der Waals surface area contributed by atoms with Gasteiger partial charge < -0.3 is 19.9 Å². The minimum absolute atomic E-state index is 0.100.